The predicted molar refractivity (Wildman–Crippen MR) is 118 cm³/mol. The quantitative estimate of drug-likeness (QED) is 0.253. The van der Waals surface area contributed by atoms with E-state index in [0.717, 1.165) is 12.8 Å². The van der Waals surface area contributed by atoms with E-state index in [1.54, 1.807) is 6.92 Å². The SMILES string of the molecule is CCCCCCCc1cc(CCCCCCC)cc(OC(C)CS(=O)(=O)O)c1. The van der Waals surface area contributed by atoms with Crippen LogP contribution < -0.4 is 4.74 Å². The Morgan fingerprint density at radius 2 is 1.29 bits per heavy atom. The van der Waals surface area contributed by atoms with Gasteiger partial charge >= 0.3 is 0 Å². The van der Waals surface area contributed by atoms with Crippen molar-refractivity contribution in [1.29, 1.82) is 0 Å². The molecule has 0 amide bonds. The fourth-order valence-corrected chi connectivity index (χ4v) is 4.17. The molecule has 162 valence electrons. The minimum atomic E-state index is -4.03. The minimum absolute atomic E-state index is 0.388. The summed E-state index contributed by atoms with van der Waals surface area (Å²) in [6.07, 6.45) is 13.9. The molecule has 5 heteroatoms. The number of aryl methyl sites for hydroxylation is 2. The average Bonchev–Trinajstić information content (AvgIpc) is 2.59. The zero-order valence-corrected chi connectivity index (χ0v) is 18.9. The molecule has 1 aromatic carbocycles. The molecule has 1 aromatic rings. The second-order valence-corrected chi connectivity index (χ2v) is 9.49. The van der Waals surface area contributed by atoms with Crippen LogP contribution in [0.25, 0.3) is 0 Å². The van der Waals surface area contributed by atoms with Crippen LogP contribution in [0, 0.1) is 0 Å². The molecule has 0 fully saturated rings. The molecule has 4 nitrogen and oxygen atoms in total. The molecule has 0 bridgehead atoms. The fourth-order valence-electron chi connectivity index (χ4n) is 3.51. The molecule has 0 aromatic heterocycles. The normalized spacial score (nSPS) is 12.9. The number of ether oxygens (including phenoxy) is 1. The maximum Gasteiger partial charge on any atom is 0.268 e. The van der Waals surface area contributed by atoms with Crippen molar-refractivity contribution in [2.24, 2.45) is 0 Å². The van der Waals surface area contributed by atoms with Crippen molar-refractivity contribution < 1.29 is 17.7 Å². The zero-order valence-electron chi connectivity index (χ0n) is 18.1. The number of unbranched alkanes of at least 4 members (excludes halogenated alkanes) is 8. The highest BCUT2D eigenvalue weighted by Gasteiger charge is 2.14. The second-order valence-electron chi connectivity index (χ2n) is 7.99. The molecule has 1 unspecified atom stereocenters. The number of rotatable bonds is 16. The molecule has 1 atom stereocenters. The van der Waals surface area contributed by atoms with Crippen molar-refractivity contribution in [3.8, 4) is 5.75 Å². The first-order chi connectivity index (χ1) is 13.3. The molecule has 1 N–H and O–H groups in total. The van der Waals surface area contributed by atoms with E-state index in [2.05, 4.69) is 19.9 Å². The largest absolute Gasteiger partial charge is 0.490 e. The van der Waals surface area contributed by atoms with Gasteiger partial charge in [-0.1, -0.05) is 71.3 Å². The van der Waals surface area contributed by atoms with E-state index in [4.69, 9.17) is 9.29 Å². The van der Waals surface area contributed by atoms with Gasteiger partial charge in [0.1, 0.15) is 17.6 Å². The molecule has 0 saturated heterocycles. The Morgan fingerprint density at radius 1 is 0.821 bits per heavy atom. The van der Waals surface area contributed by atoms with E-state index < -0.39 is 16.2 Å². The van der Waals surface area contributed by atoms with Crippen LogP contribution >= 0.6 is 0 Å². The summed E-state index contributed by atoms with van der Waals surface area (Å²) in [6.45, 7) is 6.12. The minimum Gasteiger partial charge on any atom is -0.490 e. The van der Waals surface area contributed by atoms with Gasteiger partial charge < -0.3 is 4.74 Å². The molecule has 1 rings (SSSR count). The molecule has 0 spiro atoms. The van der Waals surface area contributed by atoms with Crippen LogP contribution in [0.4, 0.5) is 0 Å². The van der Waals surface area contributed by atoms with Gasteiger partial charge in [0.15, 0.2) is 0 Å². The highest BCUT2D eigenvalue weighted by Crippen LogP contribution is 2.22. The highest BCUT2D eigenvalue weighted by molar-refractivity contribution is 7.85. The van der Waals surface area contributed by atoms with Gasteiger partial charge in [-0.3, -0.25) is 4.55 Å². The smallest absolute Gasteiger partial charge is 0.268 e. The van der Waals surface area contributed by atoms with Crippen molar-refractivity contribution in [3.63, 3.8) is 0 Å². The number of hydrogen-bond donors (Lipinski definition) is 1. The molecule has 0 aliphatic heterocycles. The summed E-state index contributed by atoms with van der Waals surface area (Å²) in [7, 11) is -4.03. The standard InChI is InChI=1S/C23H40O4S/c1-4-6-8-10-12-14-21-16-22(15-13-11-9-7-5-2)18-23(17-21)27-20(3)19-28(24,25)26/h16-18,20H,4-15,19H2,1-3H3,(H,24,25,26). The van der Waals surface area contributed by atoms with E-state index in [1.165, 1.54) is 75.3 Å². The molecular weight excluding hydrogens is 372 g/mol. The summed E-state index contributed by atoms with van der Waals surface area (Å²) in [5.74, 6) is 0.325. The average molecular weight is 413 g/mol. The van der Waals surface area contributed by atoms with Crippen molar-refractivity contribution in [2.45, 2.75) is 104 Å². The Morgan fingerprint density at radius 3 is 1.71 bits per heavy atom. The Bertz CT molecular complexity index is 608. The van der Waals surface area contributed by atoms with Crippen LogP contribution in [0.2, 0.25) is 0 Å². The first-order valence-electron chi connectivity index (χ1n) is 11.1. The summed E-state index contributed by atoms with van der Waals surface area (Å²) >= 11 is 0. The van der Waals surface area contributed by atoms with E-state index in [1.807, 2.05) is 12.1 Å². The van der Waals surface area contributed by atoms with E-state index in [0.29, 0.717) is 5.75 Å². The first kappa shape index (κ1) is 25.0. The Kier molecular flexibility index (Phi) is 12.5. The predicted octanol–water partition coefficient (Wildman–Crippen LogP) is 6.37. The van der Waals surface area contributed by atoms with Crippen molar-refractivity contribution in [2.75, 3.05) is 5.75 Å². The van der Waals surface area contributed by atoms with Crippen LogP contribution in [0.15, 0.2) is 18.2 Å². The Balaban J connectivity index is 2.72. The number of hydrogen-bond acceptors (Lipinski definition) is 3. The topological polar surface area (TPSA) is 63.6 Å². The van der Waals surface area contributed by atoms with Crippen molar-refractivity contribution in [1.82, 2.24) is 0 Å². The molecular formula is C23H40O4S. The van der Waals surface area contributed by atoms with Gasteiger partial charge in [0, 0.05) is 0 Å². The maximum atomic E-state index is 11.1. The van der Waals surface area contributed by atoms with Gasteiger partial charge in [-0.05, 0) is 55.9 Å². The Labute approximate surface area is 172 Å². The zero-order chi connectivity index (χ0) is 20.8. The summed E-state index contributed by atoms with van der Waals surface area (Å²) in [5.41, 5.74) is 2.52. The lowest BCUT2D eigenvalue weighted by Crippen LogP contribution is -2.23. The molecule has 0 saturated carbocycles. The monoisotopic (exact) mass is 412 g/mol. The Hall–Kier alpha value is -1.07. The lowest BCUT2D eigenvalue weighted by atomic mass is 9.99. The maximum absolute atomic E-state index is 11.1. The highest BCUT2D eigenvalue weighted by atomic mass is 32.2. The van der Waals surface area contributed by atoms with Gasteiger partial charge in [0.25, 0.3) is 10.1 Å². The summed E-state index contributed by atoms with van der Waals surface area (Å²) in [5, 5.41) is 0. The third-order valence-electron chi connectivity index (χ3n) is 4.95. The van der Waals surface area contributed by atoms with Gasteiger partial charge in [0.05, 0.1) is 0 Å². The van der Waals surface area contributed by atoms with Crippen LogP contribution in [-0.4, -0.2) is 24.8 Å². The van der Waals surface area contributed by atoms with Gasteiger partial charge in [-0.15, -0.1) is 0 Å². The van der Waals surface area contributed by atoms with Crippen molar-refractivity contribution >= 4 is 10.1 Å². The molecule has 0 radical (unpaired) electrons. The van der Waals surface area contributed by atoms with E-state index in [-0.39, 0.29) is 5.75 Å². The van der Waals surface area contributed by atoms with Crippen LogP contribution in [0.3, 0.4) is 0 Å². The van der Waals surface area contributed by atoms with Crippen molar-refractivity contribution in [3.05, 3.63) is 29.3 Å². The van der Waals surface area contributed by atoms with E-state index >= 15 is 0 Å². The molecule has 0 aliphatic carbocycles. The summed E-state index contributed by atoms with van der Waals surface area (Å²) in [6, 6.07) is 6.34. The lowest BCUT2D eigenvalue weighted by Gasteiger charge is -2.16. The van der Waals surface area contributed by atoms with Gasteiger partial charge in [-0.25, -0.2) is 0 Å². The fraction of sp³-hybridized carbons (Fsp3) is 0.739. The van der Waals surface area contributed by atoms with Crippen LogP contribution in [0.5, 0.6) is 5.75 Å². The molecule has 0 heterocycles. The second kappa shape index (κ2) is 14.0. The van der Waals surface area contributed by atoms with Crippen LogP contribution in [0.1, 0.15) is 96.1 Å². The molecule has 0 aliphatic rings. The first-order valence-corrected chi connectivity index (χ1v) is 12.7. The summed E-state index contributed by atoms with van der Waals surface area (Å²) in [4.78, 5) is 0. The van der Waals surface area contributed by atoms with E-state index in [9.17, 15) is 8.42 Å². The number of benzene rings is 1. The third kappa shape index (κ3) is 12.4. The van der Waals surface area contributed by atoms with Gasteiger partial charge in [0.2, 0.25) is 0 Å². The van der Waals surface area contributed by atoms with Crippen LogP contribution in [-0.2, 0) is 23.0 Å². The lowest BCUT2D eigenvalue weighted by molar-refractivity contribution is 0.241. The van der Waals surface area contributed by atoms with Gasteiger partial charge in [-0.2, -0.15) is 8.42 Å². The molecule has 28 heavy (non-hydrogen) atoms. The summed E-state index contributed by atoms with van der Waals surface area (Å²) < 4.78 is 37.1. The third-order valence-corrected chi connectivity index (χ3v) is 5.84.